The second kappa shape index (κ2) is 6.03. The number of aromatic nitrogens is 1. The van der Waals surface area contributed by atoms with Crippen molar-refractivity contribution in [3.05, 3.63) is 28.0 Å². The van der Waals surface area contributed by atoms with Gasteiger partial charge in [-0.15, -0.1) is 0 Å². The molecule has 16 heavy (non-hydrogen) atoms. The first-order valence-corrected chi connectivity index (χ1v) is 5.43. The van der Waals surface area contributed by atoms with Gasteiger partial charge in [0.2, 0.25) is 0 Å². The first kappa shape index (κ1) is 13.2. The number of rotatable bonds is 4. The highest BCUT2D eigenvalue weighted by atomic mass is 35.5. The molecule has 0 aromatic carbocycles. The molecule has 0 aliphatic rings. The van der Waals surface area contributed by atoms with Crippen LogP contribution in [0.2, 0.25) is 10.3 Å². The van der Waals surface area contributed by atoms with Gasteiger partial charge in [0.25, 0.3) is 5.91 Å². The number of hydrogen-bond acceptors (Lipinski definition) is 3. The number of nitrogens with zero attached hydrogens (tertiary/aromatic N) is 1. The molecule has 0 saturated heterocycles. The maximum absolute atomic E-state index is 11.7. The molecule has 6 heteroatoms. The van der Waals surface area contributed by atoms with Crippen molar-refractivity contribution >= 4 is 29.1 Å². The first-order chi connectivity index (χ1) is 7.54. The molecular formula is C10H12Cl2N2O2. The minimum absolute atomic E-state index is 0.0528. The number of carbonyl (C=O) groups excluding carboxylic acids is 1. The number of nitrogens with one attached hydrogen (secondary N) is 1. The molecule has 1 N–H and O–H groups in total. The van der Waals surface area contributed by atoms with Crippen molar-refractivity contribution < 1.29 is 9.53 Å². The van der Waals surface area contributed by atoms with Crippen molar-refractivity contribution in [3.63, 3.8) is 0 Å². The molecule has 1 amide bonds. The zero-order chi connectivity index (χ0) is 12.1. The molecule has 1 aromatic rings. The van der Waals surface area contributed by atoms with Crippen molar-refractivity contribution in [2.24, 2.45) is 0 Å². The fraction of sp³-hybridized carbons (Fsp3) is 0.400. The first-order valence-electron chi connectivity index (χ1n) is 4.67. The van der Waals surface area contributed by atoms with Gasteiger partial charge < -0.3 is 10.1 Å². The highest BCUT2D eigenvalue weighted by molar-refractivity contribution is 6.34. The fourth-order valence-electron chi connectivity index (χ4n) is 0.996. The smallest absolute Gasteiger partial charge is 0.254 e. The summed E-state index contributed by atoms with van der Waals surface area (Å²) in [4.78, 5) is 15.4. The topological polar surface area (TPSA) is 51.2 Å². The normalized spacial score (nSPS) is 12.2. The van der Waals surface area contributed by atoms with E-state index in [0.29, 0.717) is 12.1 Å². The minimum Gasteiger partial charge on any atom is -0.380 e. The van der Waals surface area contributed by atoms with Gasteiger partial charge in [0.1, 0.15) is 10.3 Å². The SMILES string of the molecule is COC(C)CNC(=O)c1ccc(Cl)nc1Cl. The van der Waals surface area contributed by atoms with E-state index in [1.165, 1.54) is 12.1 Å². The second-order valence-electron chi connectivity index (χ2n) is 3.23. The summed E-state index contributed by atoms with van der Waals surface area (Å²) in [6.45, 7) is 2.26. The molecule has 0 aliphatic heterocycles. The molecule has 0 bridgehead atoms. The summed E-state index contributed by atoms with van der Waals surface area (Å²) in [6.07, 6.45) is -0.0528. The average molecular weight is 263 g/mol. The Hall–Kier alpha value is -0.840. The number of pyridine rings is 1. The van der Waals surface area contributed by atoms with Crippen molar-refractivity contribution in [1.29, 1.82) is 0 Å². The van der Waals surface area contributed by atoms with Crippen molar-refractivity contribution in [2.45, 2.75) is 13.0 Å². The van der Waals surface area contributed by atoms with Crippen LogP contribution in [-0.4, -0.2) is 30.6 Å². The molecule has 1 aromatic heterocycles. The second-order valence-corrected chi connectivity index (χ2v) is 3.97. The summed E-state index contributed by atoms with van der Waals surface area (Å²) in [6, 6.07) is 3.05. The highest BCUT2D eigenvalue weighted by Gasteiger charge is 2.12. The summed E-state index contributed by atoms with van der Waals surface area (Å²) in [7, 11) is 1.58. The van der Waals surface area contributed by atoms with Gasteiger partial charge in [-0.25, -0.2) is 4.98 Å². The highest BCUT2D eigenvalue weighted by Crippen LogP contribution is 2.16. The number of halogens is 2. The fourth-order valence-corrected chi connectivity index (χ4v) is 1.43. The molecule has 1 heterocycles. The van der Waals surface area contributed by atoms with E-state index >= 15 is 0 Å². The molecule has 0 aliphatic carbocycles. The molecular weight excluding hydrogens is 251 g/mol. The Morgan fingerprint density at radius 1 is 1.56 bits per heavy atom. The summed E-state index contributed by atoms with van der Waals surface area (Å²) < 4.78 is 5.00. The van der Waals surface area contributed by atoms with Crippen LogP contribution in [0.25, 0.3) is 0 Å². The maximum atomic E-state index is 11.7. The van der Waals surface area contributed by atoms with Crippen molar-refractivity contribution in [1.82, 2.24) is 10.3 Å². The van der Waals surface area contributed by atoms with Crippen molar-refractivity contribution in [3.8, 4) is 0 Å². The largest absolute Gasteiger partial charge is 0.380 e. The zero-order valence-electron chi connectivity index (χ0n) is 8.96. The summed E-state index contributed by atoms with van der Waals surface area (Å²) in [5.74, 6) is -0.293. The van der Waals surface area contributed by atoms with Crippen LogP contribution in [0.4, 0.5) is 0 Å². The molecule has 0 saturated carbocycles. The maximum Gasteiger partial charge on any atom is 0.254 e. The lowest BCUT2D eigenvalue weighted by Gasteiger charge is -2.11. The van der Waals surface area contributed by atoms with Crippen LogP contribution in [-0.2, 0) is 4.74 Å². The van der Waals surface area contributed by atoms with E-state index in [2.05, 4.69) is 10.3 Å². The van der Waals surface area contributed by atoms with E-state index in [-0.39, 0.29) is 22.3 Å². The molecule has 0 spiro atoms. The monoisotopic (exact) mass is 262 g/mol. The van der Waals surface area contributed by atoms with Crippen LogP contribution in [0, 0.1) is 0 Å². The van der Waals surface area contributed by atoms with Crippen LogP contribution in [0.5, 0.6) is 0 Å². The van der Waals surface area contributed by atoms with Gasteiger partial charge in [0, 0.05) is 13.7 Å². The summed E-state index contributed by atoms with van der Waals surface area (Å²) >= 11 is 11.4. The Kier molecular flexibility index (Phi) is 4.99. The minimum atomic E-state index is -0.293. The summed E-state index contributed by atoms with van der Waals surface area (Å²) in [5, 5.41) is 3.03. The lowest BCUT2D eigenvalue weighted by atomic mass is 10.2. The van der Waals surface area contributed by atoms with Gasteiger partial charge in [0.15, 0.2) is 0 Å². The quantitative estimate of drug-likeness (QED) is 0.847. The van der Waals surface area contributed by atoms with Crippen LogP contribution in [0.15, 0.2) is 12.1 Å². The van der Waals surface area contributed by atoms with E-state index in [9.17, 15) is 4.79 Å². The molecule has 0 fully saturated rings. The van der Waals surface area contributed by atoms with Crippen molar-refractivity contribution in [2.75, 3.05) is 13.7 Å². The molecule has 1 unspecified atom stereocenters. The zero-order valence-corrected chi connectivity index (χ0v) is 10.5. The Bertz CT molecular complexity index is 385. The van der Waals surface area contributed by atoms with Crippen LogP contribution in [0.3, 0.4) is 0 Å². The molecule has 1 atom stereocenters. The third-order valence-electron chi connectivity index (χ3n) is 2.01. The standard InChI is InChI=1S/C10H12Cl2N2O2/c1-6(16-2)5-13-10(15)7-3-4-8(11)14-9(7)12/h3-4,6H,5H2,1-2H3,(H,13,15). The molecule has 4 nitrogen and oxygen atoms in total. The molecule has 1 rings (SSSR count). The van der Waals surface area contributed by atoms with Crippen LogP contribution < -0.4 is 5.32 Å². The number of carbonyl (C=O) groups is 1. The number of hydrogen-bond donors (Lipinski definition) is 1. The average Bonchev–Trinajstić information content (AvgIpc) is 2.25. The Morgan fingerprint density at radius 2 is 2.25 bits per heavy atom. The number of methoxy groups -OCH3 is 1. The molecule has 0 radical (unpaired) electrons. The molecule has 88 valence electrons. The van der Waals surface area contributed by atoms with Gasteiger partial charge in [-0.3, -0.25) is 4.79 Å². The Balaban J connectivity index is 2.66. The van der Waals surface area contributed by atoms with E-state index in [1.54, 1.807) is 7.11 Å². The predicted octanol–water partition coefficient (Wildman–Crippen LogP) is 2.15. The predicted molar refractivity (Wildman–Crippen MR) is 63.1 cm³/mol. The van der Waals surface area contributed by atoms with E-state index < -0.39 is 0 Å². The van der Waals surface area contributed by atoms with Gasteiger partial charge in [-0.1, -0.05) is 23.2 Å². The lowest BCUT2D eigenvalue weighted by Crippen LogP contribution is -2.31. The van der Waals surface area contributed by atoms with E-state index in [4.69, 9.17) is 27.9 Å². The Morgan fingerprint density at radius 3 is 2.81 bits per heavy atom. The van der Waals surface area contributed by atoms with Gasteiger partial charge in [-0.2, -0.15) is 0 Å². The number of amides is 1. The Labute approximate surface area is 104 Å². The van der Waals surface area contributed by atoms with Gasteiger partial charge in [0.05, 0.1) is 11.7 Å². The summed E-state index contributed by atoms with van der Waals surface area (Å²) in [5.41, 5.74) is 0.300. The van der Waals surface area contributed by atoms with E-state index in [0.717, 1.165) is 0 Å². The third-order valence-corrected chi connectivity index (χ3v) is 2.51. The van der Waals surface area contributed by atoms with Crippen LogP contribution >= 0.6 is 23.2 Å². The third kappa shape index (κ3) is 3.63. The van der Waals surface area contributed by atoms with Crippen LogP contribution in [0.1, 0.15) is 17.3 Å². The van der Waals surface area contributed by atoms with E-state index in [1.807, 2.05) is 6.92 Å². The van der Waals surface area contributed by atoms with Gasteiger partial charge in [-0.05, 0) is 19.1 Å². The number of ether oxygens (including phenoxy) is 1. The lowest BCUT2D eigenvalue weighted by molar-refractivity contribution is 0.0870. The van der Waals surface area contributed by atoms with Gasteiger partial charge >= 0.3 is 0 Å².